The molecule has 1 aromatic heterocycles. The molecular formula is C18H28N6O. The standard InChI is InChI=1S/C18H28N6O/c1-15(17(25)22-18(12-19)8-4-2-5-9-18)24-10-6-3-7-16(24)11-23-14-20-13-21-23/h13-16H,2-11H2,1H3,(H,22,25)/t15-,16-/m1/s1. The zero-order chi connectivity index (χ0) is 17.7. The van der Waals surface area contributed by atoms with Crippen molar-refractivity contribution in [1.82, 2.24) is 25.0 Å². The smallest absolute Gasteiger partial charge is 0.238 e. The lowest BCUT2D eigenvalue weighted by atomic mass is 9.82. The molecule has 7 heteroatoms. The summed E-state index contributed by atoms with van der Waals surface area (Å²) in [5.74, 6) is -0.0195. The number of piperidine rings is 1. The lowest BCUT2D eigenvalue weighted by molar-refractivity contribution is -0.129. The summed E-state index contributed by atoms with van der Waals surface area (Å²) in [6.07, 6.45) is 11.3. The van der Waals surface area contributed by atoms with Crippen LogP contribution in [0.5, 0.6) is 0 Å². The second-order valence-corrected chi connectivity index (χ2v) is 7.42. The Kier molecular flexibility index (Phi) is 5.69. The number of nitrogens with zero attached hydrogens (tertiary/aromatic N) is 5. The third-order valence-electron chi connectivity index (χ3n) is 5.70. The number of rotatable bonds is 5. The van der Waals surface area contributed by atoms with Gasteiger partial charge in [0.15, 0.2) is 0 Å². The Morgan fingerprint density at radius 3 is 2.84 bits per heavy atom. The second-order valence-electron chi connectivity index (χ2n) is 7.42. The number of amides is 1. The summed E-state index contributed by atoms with van der Waals surface area (Å²) in [7, 11) is 0. The maximum atomic E-state index is 12.9. The second kappa shape index (κ2) is 7.96. The molecule has 2 atom stereocenters. The molecule has 2 fully saturated rings. The molecule has 2 heterocycles. The van der Waals surface area contributed by atoms with Gasteiger partial charge in [-0.3, -0.25) is 14.4 Å². The van der Waals surface area contributed by atoms with Gasteiger partial charge in [-0.05, 0) is 39.2 Å². The van der Waals surface area contributed by atoms with Gasteiger partial charge in [-0.15, -0.1) is 0 Å². The SMILES string of the molecule is C[C@H](C(=O)NC1(C#N)CCCCC1)N1CCCC[C@@H]1Cn1cncn1. The van der Waals surface area contributed by atoms with Crippen LogP contribution in [-0.2, 0) is 11.3 Å². The largest absolute Gasteiger partial charge is 0.336 e. The molecule has 2 aliphatic rings. The zero-order valence-electron chi connectivity index (χ0n) is 15.0. The third-order valence-corrected chi connectivity index (χ3v) is 5.70. The summed E-state index contributed by atoms with van der Waals surface area (Å²) in [6, 6.07) is 2.42. The van der Waals surface area contributed by atoms with E-state index in [-0.39, 0.29) is 18.0 Å². The normalized spacial score (nSPS) is 25.0. The van der Waals surface area contributed by atoms with Gasteiger partial charge in [-0.2, -0.15) is 10.4 Å². The van der Waals surface area contributed by atoms with E-state index in [9.17, 15) is 10.1 Å². The fourth-order valence-corrected chi connectivity index (χ4v) is 4.18. The van der Waals surface area contributed by atoms with E-state index in [0.29, 0.717) is 0 Å². The fraction of sp³-hybridized carbons (Fsp3) is 0.778. The molecule has 0 radical (unpaired) electrons. The van der Waals surface area contributed by atoms with Gasteiger partial charge in [-0.1, -0.05) is 25.7 Å². The number of aromatic nitrogens is 3. The minimum atomic E-state index is -0.666. The fourth-order valence-electron chi connectivity index (χ4n) is 4.18. The molecule has 0 unspecified atom stereocenters. The monoisotopic (exact) mass is 344 g/mol. The van der Waals surface area contributed by atoms with Crippen molar-refractivity contribution in [2.75, 3.05) is 6.54 Å². The highest BCUT2D eigenvalue weighted by Crippen LogP contribution is 2.28. The first kappa shape index (κ1) is 17.9. The van der Waals surface area contributed by atoms with Gasteiger partial charge < -0.3 is 5.32 Å². The maximum Gasteiger partial charge on any atom is 0.238 e. The van der Waals surface area contributed by atoms with Crippen molar-refractivity contribution in [3.8, 4) is 6.07 Å². The van der Waals surface area contributed by atoms with Crippen LogP contribution in [0.1, 0.15) is 58.3 Å². The summed E-state index contributed by atoms with van der Waals surface area (Å²) in [6.45, 7) is 3.62. The Bertz CT molecular complexity index is 602. The summed E-state index contributed by atoms with van der Waals surface area (Å²) < 4.78 is 1.84. The first-order chi connectivity index (χ1) is 12.1. The van der Waals surface area contributed by atoms with Gasteiger partial charge >= 0.3 is 0 Å². The number of hydrogen-bond acceptors (Lipinski definition) is 5. The van der Waals surface area contributed by atoms with Gasteiger partial charge in [0, 0.05) is 6.04 Å². The number of nitrogens with one attached hydrogen (secondary N) is 1. The molecule has 0 spiro atoms. The average Bonchev–Trinajstić information content (AvgIpc) is 3.15. The highest BCUT2D eigenvalue weighted by Gasteiger charge is 2.37. The van der Waals surface area contributed by atoms with Gasteiger partial charge in [0.1, 0.15) is 18.2 Å². The topological polar surface area (TPSA) is 86.8 Å². The third kappa shape index (κ3) is 4.18. The maximum absolute atomic E-state index is 12.9. The molecule has 1 saturated heterocycles. The van der Waals surface area contributed by atoms with E-state index in [1.165, 1.54) is 6.42 Å². The van der Waals surface area contributed by atoms with Crippen LogP contribution in [0.15, 0.2) is 12.7 Å². The molecule has 1 saturated carbocycles. The molecule has 1 amide bonds. The summed E-state index contributed by atoms with van der Waals surface area (Å²) in [5.41, 5.74) is -0.666. The van der Waals surface area contributed by atoms with Crippen LogP contribution >= 0.6 is 0 Å². The summed E-state index contributed by atoms with van der Waals surface area (Å²) >= 11 is 0. The van der Waals surface area contributed by atoms with E-state index < -0.39 is 5.54 Å². The van der Waals surface area contributed by atoms with E-state index in [2.05, 4.69) is 26.4 Å². The predicted molar refractivity (Wildman–Crippen MR) is 93.4 cm³/mol. The highest BCUT2D eigenvalue weighted by atomic mass is 16.2. The van der Waals surface area contributed by atoms with Gasteiger partial charge in [0.2, 0.25) is 5.91 Å². The number of carbonyl (C=O) groups excluding carboxylic acids is 1. The van der Waals surface area contributed by atoms with E-state index in [0.717, 1.165) is 58.0 Å². The molecule has 1 aliphatic heterocycles. The zero-order valence-corrected chi connectivity index (χ0v) is 15.0. The van der Waals surface area contributed by atoms with Gasteiger partial charge in [0.05, 0.1) is 18.7 Å². The lowest BCUT2D eigenvalue weighted by Gasteiger charge is -2.40. The first-order valence-electron chi connectivity index (χ1n) is 9.45. The molecular weight excluding hydrogens is 316 g/mol. The van der Waals surface area contributed by atoms with Crippen molar-refractivity contribution in [2.24, 2.45) is 0 Å². The molecule has 1 N–H and O–H groups in total. The quantitative estimate of drug-likeness (QED) is 0.881. The molecule has 1 aromatic rings. The van der Waals surface area contributed by atoms with E-state index in [1.54, 1.807) is 12.7 Å². The van der Waals surface area contributed by atoms with Crippen LogP contribution in [0.25, 0.3) is 0 Å². The van der Waals surface area contributed by atoms with Gasteiger partial charge in [-0.25, -0.2) is 4.98 Å². The summed E-state index contributed by atoms with van der Waals surface area (Å²) in [5, 5.41) is 16.9. The van der Waals surface area contributed by atoms with Crippen LogP contribution in [0.2, 0.25) is 0 Å². The van der Waals surface area contributed by atoms with Crippen molar-refractivity contribution in [2.45, 2.75) is 82.5 Å². The number of hydrogen-bond donors (Lipinski definition) is 1. The predicted octanol–water partition coefficient (Wildman–Crippen LogP) is 1.86. The Labute approximate surface area is 149 Å². The Morgan fingerprint density at radius 1 is 1.36 bits per heavy atom. The van der Waals surface area contributed by atoms with Crippen LogP contribution in [0, 0.1) is 11.3 Å². The summed E-state index contributed by atoms with van der Waals surface area (Å²) in [4.78, 5) is 19.2. The van der Waals surface area contributed by atoms with Gasteiger partial charge in [0.25, 0.3) is 0 Å². The highest BCUT2D eigenvalue weighted by molar-refractivity contribution is 5.82. The van der Waals surface area contributed by atoms with Crippen LogP contribution in [-0.4, -0.2) is 49.7 Å². The first-order valence-corrected chi connectivity index (χ1v) is 9.45. The minimum Gasteiger partial charge on any atom is -0.336 e. The van der Waals surface area contributed by atoms with Crippen molar-refractivity contribution in [1.29, 1.82) is 5.26 Å². The van der Waals surface area contributed by atoms with Crippen LogP contribution < -0.4 is 5.32 Å². The molecule has 3 rings (SSSR count). The van der Waals surface area contributed by atoms with Crippen molar-refractivity contribution < 1.29 is 4.79 Å². The number of likely N-dealkylation sites (tertiary alicyclic amines) is 1. The number of carbonyl (C=O) groups is 1. The molecule has 7 nitrogen and oxygen atoms in total. The Morgan fingerprint density at radius 2 is 2.16 bits per heavy atom. The Hall–Kier alpha value is -1.94. The average molecular weight is 344 g/mol. The van der Waals surface area contributed by atoms with Crippen LogP contribution in [0.3, 0.4) is 0 Å². The molecule has 0 aromatic carbocycles. The number of nitriles is 1. The molecule has 1 aliphatic carbocycles. The van der Waals surface area contributed by atoms with E-state index >= 15 is 0 Å². The molecule has 0 bridgehead atoms. The lowest BCUT2D eigenvalue weighted by Crippen LogP contribution is -2.58. The van der Waals surface area contributed by atoms with E-state index in [1.807, 2.05) is 11.6 Å². The molecule has 136 valence electrons. The van der Waals surface area contributed by atoms with E-state index in [4.69, 9.17) is 0 Å². The Balaban J connectivity index is 1.65. The van der Waals surface area contributed by atoms with Crippen molar-refractivity contribution >= 4 is 5.91 Å². The van der Waals surface area contributed by atoms with Crippen molar-refractivity contribution in [3.05, 3.63) is 12.7 Å². The van der Waals surface area contributed by atoms with Crippen molar-refractivity contribution in [3.63, 3.8) is 0 Å². The minimum absolute atomic E-state index is 0.0195. The van der Waals surface area contributed by atoms with Crippen LogP contribution in [0.4, 0.5) is 0 Å². The molecule has 25 heavy (non-hydrogen) atoms.